The fraction of sp³-hybridized carbons (Fsp3) is 0.231. The molecule has 0 radical (unpaired) electrons. The van der Waals surface area contributed by atoms with Crippen LogP contribution in [0.2, 0.25) is 0 Å². The van der Waals surface area contributed by atoms with Crippen molar-refractivity contribution in [1.82, 2.24) is 9.88 Å². The van der Waals surface area contributed by atoms with Crippen LogP contribution < -0.4 is 5.32 Å². The fourth-order valence-electron chi connectivity index (χ4n) is 4.49. The Labute approximate surface area is 190 Å². The Balaban J connectivity index is 1.46. The molecule has 2 heterocycles. The lowest BCUT2D eigenvalue weighted by Crippen LogP contribution is -2.31. The molecule has 0 unspecified atom stereocenters. The van der Waals surface area contributed by atoms with Gasteiger partial charge in [0.05, 0.1) is 6.04 Å². The van der Waals surface area contributed by atoms with Crippen LogP contribution in [0.5, 0.6) is 0 Å². The van der Waals surface area contributed by atoms with Crippen molar-refractivity contribution in [2.45, 2.75) is 18.9 Å². The predicted molar refractivity (Wildman–Crippen MR) is 123 cm³/mol. The summed E-state index contributed by atoms with van der Waals surface area (Å²) in [4.78, 5) is 6.56. The van der Waals surface area contributed by atoms with Crippen LogP contribution >= 0.6 is 0 Å². The fourth-order valence-corrected chi connectivity index (χ4v) is 4.49. The molecule has 1 aliphatic heterocycles. The number of hydrogen-bond acceptors (Lipinski definition) is 5. The molecule has 166 valence electrons. The van der Waals surface area contributed by atoms with Gasteiger partial charge in [0, 0.05) is 23.7 Å². The second kappa shape index (κ2) is 9.00. The van der Waals surface area contributed by atoms with Crippen LogP contribution in [-0.2, 0) is 0 Å². The Kier molecular flexibility index (Phi) is 5.76. The number of nitriles is 1. The van der Waals surface area contributed by atoms with Crippen LogP contribution in [0.15, 0.2) is 65.1 Å². The number of halogens is 2. The third-order valence-electron chi connectivity index (χ3n) is 6.11. The van der Waals surface area contributed by atoms with Gasteiger partial charge in [-0.3, -0.25) is 4.90 Å². The van der Waals surface area contributed by atoms with E-state index in [2.05, 4.69) is 21.3 Å². The lowest BCUT2D eigenvalue weighted by molar-refractivity contribution is 0.249. The lowest BCUT2D eigenvalue weighted by Gasteiger charge is -2.28. The van der Waals surface area contributed by atoms with Crippen molar-refractivity contribution in [2.24, 2.45) is 0 Å². The number of nitrogens with one attached hydrogen (secondary N) is 1. The molecule has 0 saturated carbocycles. The summed E-state index contributed by atoms with van der Waals surface area (Å²) in [6, 6.07) is 19.1. The maximum absolute atomic E-state index is 14.6. The SMILES string of the molecule is N#Cc1nc(-c2cccc3ccccc23)oc1NC[C@H](c1ccc(F)cc1F)N1CCCC1. The number of nitrogens with zero attached hydrogens (tertiary/aromatic N) is 3. The zero-order valence-electron chi connectivity index (χ0n) is 17.9. The molecule has 7 heteroatoms. The van der Waals surface area contributed by atoms with Crippen LogP contribution in [0, 0.1) is 23.0 Å². The maximum atomic E-state index is 14.6. The van der Waals surface area contributed by atoms with E-state index in [0.29, 0.717) is 18.0 Å². The Morgan fingerprint density at radius 2 is 1.85 bits per heavy atom. The summed E-state index contributed by atoms with van der Waals surface area (Å²) in [5.41, 5.74) is 1.34. The second-order valence-corrected chi connectivity index (χ2v) is 8.14. The molecule has 5 nitrogen and oxygen atoms in total. The lowest BCUT2D eigenvalue weighted by atomic mass is 10.0. The van der Waals surface area contributed by atoms with Gasteiger partial charge >= 0.3 is 0 Å². The van der Waals surface area contributed by atoms with Gasteiger partial charge in [0.2, 0.25) is 17.5 Å². The van der Waals surface area contributed by atoms with Gasteiger partial charge in [-0.2, -0.15) is 10.2 Å². The average Bonchev–Trinajstić information content (AvgIpc) is 3.50. The molecule has 1 saturated heterocycles. The predicted octanol–water partition coefficient (Wildman–Crippen LogP) is 5.89. The molecule has 1 aromatic heterocycles. The molecule has 0 amide bonds. The number of rotatable bonds is 6. The summed E-state index contributed by atoms with van der Waals surface area (Å²) < 4.78 is 34.1. The van der Waals surface area contributed by atoms with E-state index in [-0.39, 0.29) is 17.6 Å². The molecular formula is C26H22F2N4O. The maximum Gasteiger partial charge on any atom is 0.232 e. The molecule has 1 N–H and O–H groups in total. The van der Waals surface area contributed by atoms with E-state index in [1.54, 1.807) is 0 Å². The van der Waals surface area contributed by atoms with Crippen LogP contribution in [0.1, 0.15) is 30.1 Å². The summed E-state index contributed by atoms with van der Waals surface area (Å²) in [7, 11) is 0. The minimum absolute atomic E-state index is 0.137. The van der Waals surface area contributed by atoms with Gasteiger partial charge in [-0.05, 0) is 48.8 Å². The highest BCUT2D eigenvalue weighted by molar-refractivity contribution is 5.94. The summed E-state index contributed by atoms with van der Waals surface area (Å²) in [6.07, 6.45) is 2.05. The third-order valence-corrected chi connectivity index (χ3v) is 6.11. The quantitative estimate of drug-likeness (QED) is 0.402. The third kappa shape index (κ3) is 4.18. The highest BCUT2D eigenvalue weighted by Gasteiger charge is 2.27. The first-order chi connectivity index (χ1) is 16.1. The Morgan fingerprint density at radius 1 is 1.06 bits per heavy atom. The first-order valence-corrected chi connectivity index (χ1v) is 11.0. The largest absolute Gasteiger partial charge is 0.419 e. The molecule has 33 heavy (non-hydrogen) atoms. The van der Waals surface area contributed by atoms with Gasteiger partial charge in [-0.1, -0.05) is 42.5 Å². The van der Waals surface area contributed by atoms with Crippen molar-refractivity contribution in [1.29, 1.82) is 5.26 Å². The van der Waals surface area contributed by atoms with Crippen LogP contribution in [0.25, 0.3) is 22.2 Å². The van der Waals surface area contributed by atoms with E-state index < -0.39 is 11.6 Å². The number of likely N-dealkylation sites (tertiary alicyclic amines) is 1. The highest BCUT2D eigenvalue weighted by Crippen LogP contribution is 2.33. The van der Waals surface area contributed by atoms with Crippen molar-refractivity contribution in [2.75, 3.05) is 25.0 Å². The molecule has 1 fully saturated rings. The Bertz CT molecular complexity index is 1330. The Morgan fingerprint density at radius 3 is 2.64 bits per heavy atom. The van der Waals surface area contributed by atoms with Gasteiger partial charge in [-0.15, -0.1) is 0 Å². The molecule has 5 rings (SSSR count). The second-order valence-electron chi connectivity index (χ2n) is 8.14. The number of anilines is 1. The van der Waals surface area contributed by atoms with E-state index in [4.69, 9.17) is 4.42 Å². The molecule has 0 bridgehead atoms. The first-order valence-electron chi connectivity index (χ1n) is 11.0. The monoisotopic (exact) mass is 444 g/mol. The van der Waals surface area contributed by atoms with Gasteiger partial charge in [0.1, 0.15) is 17.7 Å². The molecular weight excluding hydrogens is 422 g/mol. The number of benzene rings is 3. The Hall–Kier alpha value is -3.76. The van der Waals surface area contributed by atoms with Gasteiger partial charge in [0.25, 0.3) is 0 Å². The molecule has 1 atom stereocenters. The smallest absolute Gasteiger partial charge is 0.232 e. The standard InChI is InChI=1S/C26H22F2N4O/c27-18-10-11-21(22(28)14-18)24(32-12-3-4-13-32)16-30-26-23(15-29)31-25(33-26)20-9-5-7-17-6-1-2-8-19(17)20/h1-2,5-11,14,24,30H,3-4,12-13,16H2/t24-/m1/s1. The molecule has 1 aliphatic rings. The van der Waals surface area contributed by atoms with Crippen LogP contribution in [-0.4, -0.2) is 29.5 Å². The van der Waals surface area contributed by atoms with E-state index in [1.165, 1.54) is 12.1 Å². The molecule has 0 spiro atoms. The molecule has 3 aromatic carbocycles. The molecule has 0 aliphatic carbocycles. The minimum atomic E-state index is -0.605. The van der Waals surface area contributed by atoms with E-state index in [0.717, 1.165) is 48.3 Å². The summed E-state index contributed by atoms with van der Waals surface area (Å²) >= 11 is 0. The van der Waals surface area contributed by atoms with Crippen molar-refractivity contribution >= 4 is 16.7 Å². The van der Waals surface area contributed by atoms with Crippen molar-refractivity contribution < 1.29 is 13.2 Å². The van der Waals surface area contributed by atoms with Gasteiger partial charge in [0.15, 0.2) is 0 Å². The van der Waals surface area contributed by atoms with Crippen LogP contribution in [0.3, 0.4) is 0 Å². The van der Waals surface area contributed by atoms with E-state index in [1.807, 2.05) is 42.5 Å². The van der Waals surface area contributed by atoms with Crippen molar-refractivity contribution in [3.8, 4) is 17.5 Å². The van der Waals surface area contributed by atoms with E-state index in [9.17, 15) is 14.0 Å². The van der Waals surface area contributed by atoms with E-state index >= 15 is 0 Å². The topological polar surface area (TPSA) is 65.1 Å². The van der Waals surface area contributed by atoms with Gasteiger partial charge < -0.3 is 9.73 Å². The van der Waals surface area contributed by atoms with Crippen molar-refractivity contribution in [3.63, 3.8) is 0 Å². The summed E-state index contributed by atoms with van der Waals surface area (Å²) in [6.45, 7) is 1.94. The number of hydrogen-bond donors (Lipinski definition) is 1. The summed E-state index contributed by atoms with van der Waals surface area (Å²) in [5, 5.41) is 14.8. The summed E-state index contributed by atoms with van der Waals surface area (Å²) in [5.74, 6) is -0.599. The zero-order valence-corrected chi connectivity index (χ0v) is 17.9. The van der Waals surface area contributed by atoms with Crippen LogP contribution in [0.4, 0.5) is 14.7 Å². The minimum Gasteiger partial charge on any atom is -0.419 e. The zero-order chi connectivity index (χ0) is 22.8. The highest BCUT2D eigenvalue weighted by atomic mass is 19.1. The van der Waals surface area contributed by atoms with Crippen molar-refractivity contribution in [3.05, 3.63) is 83.6 Å². The average molecular weight is 444 g/mol. The number of aromatic nitrogens is 1. The molecule has 4 aromatic rings. The first kappa shape index (κ1) is 21.1. The number of oxazole rings is 1. The van der Waals surface area contributed by atoms with Gasteiger partial charge in [-0.25, -0.2) is 8.78 Å². The normalized spacial score (nSPS) is 14.9. The number of fused-ring (bicyclic) bond motifs is 1.